The second-order valence-electron chi connectivity index (χ2n) is 4.51. The highest BCUT2D eigenvalue weighted by Gasteiger charge is 2.25. The van der Waals surface area contributed by atoms with Crippen molar-refractivity contribution in [2.24, 2.45) is 10.9 Å². The van der Waals surface area contributed by atoms with Crippen LogP contribution in [-0.2, 0) is 4.74 Å². The van der Waals surface area contributed by atoms with E-state index in [4.69, 9.17) is 4.74 Å². The number of para-hydroxylation sites is 1. The van der Waals surface area contributed by atoms with Crippen LogP contribution in [0.1, 0.15) is 13.3 Å². The molecule has 4 heteroatoms. The Bertz CT molecular complexity index is 442. The van der Waals surface area contributed by atoms with Gasteiger partial charge in [-0.15, -0.1) is 0 Å². The molecule has 1 aromatic rings. The van der Waals surface area contributed by atoms with Gasteiger partial charge in [0.15, 0.2) is 0 Å². The van der Waals surface area contributed by atoms with Crippen LogP contribution >= 0.6 is 0 Å². The zero-order chi connectivity index (χ0) is 13.0. The zero-order valence-corrected chi connectivity index (χ0v) is 10.8. The summed E-state index contributed by atoms with van der Waals surface area (Å²) in [6.07, 6.45) is 0.561. The fraction of sp³-hybridized carbons (Fsp3) is 0.429. The van der Waals surface area contributed by atoms with Gasteiger partial charge >= 0.3 is 6.09 Å². The van der Waals surface area contributed by atoms with Crippen LogP contribution in [0.25, 0.3) is 0 Å². The first-order valence-corrected chi connectivity index (χ1v) is 6.16. The topological polar surface area (TPSA) is 41.9 Å². The number of likely N-dealkylation sites (tertiary alicyclic amines) is 1. The molecule has 0 radical (unpaired) electrons. The van der Waals surface area contributed by atoms with E-state index in [1.54, 1.807) is 4.90 Å². The monoisotopic (exact) mass is 246 g/mol. The largest absolute Gasteiger partial charge is 0.453 e. The van der Waals surface area contributed by atoms with Gasteiger partial charge in [0.25, 0.3) is 0 Å². The van der Waals surface area contributed by atoms with E-state index in [9.17, 15) is 4.79 Å². The fourth-order valence-corrected chi connectivity index (χ4v) is 2.15. The summed E-state index contributed by atoms with van der Waals surface area (Å²) in [7, 11) is 1.42. The number of carbonyl (C=O) groups is 1. The Labute approximate surface area is 107 Å². The highest BCUT2D eigenvalue weighted by atomic mass is 16.5. The summed E-state index contributed by atoms with van der Waals surface area (Å²) in [5.41, 5.74) is 2.13. The molecule has 4 nitrogen and oxygen atoms in total. The third kappa shape index (κ3) is 2.88. The van der Waals surface area contributed by atoms with Crippen molar-refractivity contribution < 1.29 is 9.53 Å². The van der Waals surface area contributed by atoms with Gasteiger partial charge in [0.2, 0.25) is 0 Å². The lowest BCUT2D eigenvalue weighted by Gasteiger charge is -2.31. The molecule has 0 N–H and O–H groups in total. The van der Waals surface area contributed by atoms with Crippen LogP contribution in [0.3, 0.4) is 0 Å². The lowest BCUT2D eigenvalue weighted by atomic mass is 9.97. The van der Waals surface area contributed by atoms with Crippen LogP contribution in [-0.4, -0.2) is 36.9 Å². The van der Waals surface area contributed by atoms with E-state index in [2.05, 4.69) is 11.9 Å². The molecule has 0 bridgehead atoms. The molecular weight excluding hydrogens is 228 g/mol. The van der Waals surface area contributed by atoms with Crippen molar-refractivity contribution in [3.8, 4) is 0 Å². The average Bonchev–Trinajstić information content (AvgIpc) is 2.41. The van der Waals surface area contributed by atoms with Crippen LogP contribution in [0.4, 0.5) is 10.5 Å². The lowest BCUT2D eigenvalue weighted by Crippen LogP contribution is -2.43. The fourth-order valence-electron chi connectivity index (χ4n) is 2.15. The zero-order valence-electron chi connectivity index (χ0n) is 10.8. The highest BCUT2D eigenvalue weighted by molar-refractivity contribution is 5.90. The number of amides is 1. The Hall–Kier alpha value is -1.84. The van der Waals surface area contributed by atoms with E-state index in [0.717, 1.165) is 17.8 Å². The second kappa shape index (κ2) is 5.67. The van der Waals surface area contributed by atoms with E-state index in [-0.39, 0.29) is 12.0 Å². The summed E-state index contributed by atoms with van der Waals surface area (Å²) in [6, 6.07) is 9.92. The van der Waals surface area contributed by atoms with Gasteiger partial charge in [-0.1, -0.05) is 25.1 Å². The first-order chi connectivity index (χ1) is 8.70. The summed E-state index contributed by atoms with van der Waals surface area (Å²) < 4.78 is 4.74. The third-order valence-corrected chi connectivity index (χ3v) is 3.16. The number of methoxy groups -OCH3 is 1. The number of aliphatic imine (C=N–C) groups is 1. The molecule has 1 heterocycles. The maximum absolute atomic E-state index is 11.4. The first kappa shape index (κ1) is 12.6. The van der Waals surface area contributed by atoms with E-state index in [0.29, 0.717) is 13.1 Å². The Morgan fingerprint density at radius 3 is 2.72 bits per heavy atom. The molecule has 1 aliphatic rings. The van der Waals surface area contributed by atoms with Gasteiger partial charge < -0.3 is 9.64 Å². The van der Waals surface area contributed by atoms with Crippen molar-refractivity contribution in [1.29, 1.82) is 0 Å². The molecule has 0 spiro atoms. The quantitative estimate of drug-likeness (QED) is 0.764. The Morgan fingerprint density at radius 1 is 1.39 bits per heavy atom. The van der Waals surface area contributed by atoms with Gasteiger partial charge in [0, 0.05) is 31.1 Å². The highest BCUT2D eigenvalue weighted by Crippen LogP contribution is 2.19. The summed E-state index contributed by atoms with van der Waals surface area (Å²) in [6.45, 7) is 3.46. The van der Waals surface area contributed by atoms with Crippen LogP contribution in [0, 0.1) is 5.92 Å². The van der Waals surface area contributed by atoms with Crippen LogP contribution in [0.2, 0.25) is 0 Å². The maximum atomic E-state index is 11.4. The molecule has 0 saturated carbocycles. The molecule has 1 saturated heterocycles. The van der Waals surface area contributed by atoms with E-state index in [1.807, 2.05) is 30.3 Å². The minimum Gasteiger partial charge on any atom is -0.453 e. The summed E-state index contributed by atoms with van der Waals surface area (Å²) in [5, 5.41) is 0. The molecular formula is C14H18N2O2. The lowest BCUT2D eigenvalue weighted by molar-refractivity contribution is 0.118. The van der Waals surface area contributed by atoms with Crippen LogP contribution < -0.4 is 0 Å². The Kier molecular flexibility index (Phi) is 3.97. The maximum Gasteiger partial charge on any atom is 0.409 e. The van der Waals surface area contributed by atoms with Crippen molar-refractivity contribution in [2.45, 2.75) is 13.3 Å². The van der Waals surface area contributed by atoms with Gasteiger partial charge in [-0.05, 0) is 12.1 Å². The number of ether oxygens (including phenoxy) is 1. The summed E-state index contributed by atoms with van der Waals surface area (Å²) >= 11 is 0. The Morgan fingerprint density at radius 2 is 2.11 bits per heavy atom. The minimum atomic E-state index is -0.249. The SMILES string of the molecule is COC(=O)N1CCC(=Nc2ccccc2)[C@@H](C)C1. The van der Waals surface area contributed by atoms with Gasteiger partial charge in [-0.2, -0.15) is 0 Å². The third-order valence-electron chi connectivity index (χ3n) is 3.16. The standard InChI is InChI=1S/C14H18N2O2/c1-11-10-16(14(17)18-2)9-8-13(11)15-12-6-4-3-5-7-12/h3-7,11H,8-10H2,1-2H3/t11-/m0/s1. The molecule has 1 aliphatic heterocycles. The van der Waals surface area contributed by atoms with Gasteiger partial charge in [-0.25, -0.2) is 4.79 Å². The molecule has 0 aliphatic carbocycles. The second-order valence-corrected chi connectivity index (χ2v) is 4.51. The van der Waals surface area contributed by atoms with Gasteiger partial charge in [0.05, 0.1) is 12.8 Å². The smallest absolute Gasteiger partial charge is 0.409 e. The normalized spacial score (nSPS) is 22.0. The molecule has 2 rings (SSSR count). The van der Waals surface area contributed by atoms with Crippen molar-refractivity contribution in [3.63, 3.8) is 0 Å². The molecule has 1 amide bonds. The van der Waals surface area contributed by atoms with Crippen molar-refractivity contribution in [3.05, 3.63) is 30.3 Å². The number of piperidine rings is 1. The van der Waals surface area contributed by atoms with E-state index in [1.165, 1.54) is 7.11 Å². The molecule has 18 heavy (non-hydrogen) atoms. The summed E-state index contributed by atoms with van der Waals surface area (Å²) in [4.78, 5) is 17.8. The van der Waals surface area contributed by atoms with Gasteiger partial charge in [-0.3, -0.25) is 4.99 Å². The number of benzene rings is 1. The molecule has 1 fully saturated rings. The van der Waals surface area contributed by atoms with Crippen LogP contribution in [0.5, 0.6) is 0 Å². The Balaban J connectivity index is 2.06. The van der Waals surface area contributed by atoms with E-state index < -0.39 is 0 Å². The predicted molar refractivity (Wildman–Crippen MR) is 71.3 cm³/mol. The molecule has 1 aromatic carbocycles. The van der Waals surface area contributed by atoms with Crippen molar-refractivity contribution >= 4 is 17.5 Å². The molecule has 96 valence electrons. The van der Waals surface area contributed by atoms with Crippen LogP contribution in [0.15, 0.2) is 35.3 Å². The van der Waals surface area contributed by atoms with Crippen molar-refractivity contribution in [1.82, 2.24) is 4.90 Å². The number of hydrogen-bond donors (Lipinski definition) is 0. The molecule has 0 unspecified atom stereocenters. The number of hydrogen-bond acceptors (Lipinski definition) is 3. The van der Waals surface area contributed by atoms with E-state index >= 15 is 0 Å². The minimum absolute atomic E-state index is 0.249. The number of carbonyl (C=O) groups excluding carboxylic acids is 1. The first-order valence-electron chi connectivity index (χ1n) is 6.16. The summed E-state index contributed by atoms with van der Waals surface area (Å²) in [5.74, 6) is 0.276. The van der Waals surface area contributed by atoms with Crippen molar-refractivity contribution in [2.75, 3.05) is 20.2 Å². The molecule has 0 aromatic heterocycles. The predicted octanol–water partition coefficient (Wildman–Crippen LogP) is 2.87. The average molecular weight is 246 g/mol. The van der Waals surface area contributed by atoms with Gasteiger partial charge in [0.1, 0.15) is 0 Å². The number of nitrogens with zero attached hydrogens (tertiary/aromatic N) is 2. The molecule has 1 atom stereocenters. The number of rotatable bonds is 1.